The molecule has 6 nitrogen and oxygen atoms in total. The average Bonchev–Trinajstić information content (AvgIpc) is 2.81. The van der Waals surface area contributed by atoms with Crippen molar-refractivity contribution in [3.8, 4) is 5.69 Å². The second-order valence-electron chi connectivity index (χ2n) is 5.62. The van der Waals surface area contributed by atoms with Crippen LogP contribution in [-0.4, -0.2) is 17.8 Å². The van der Waals surface area contributed by atoms with Crippen molar-refractivity contribution in [3.63, 3.8) is 0 Å². The summed E-state index contributed by atoms with van der Waals surface area (Å²) in [6.45, 7) is 1.57. The van der Waals surface area contributed by atoms with E-state index in [4.69, 9.17) is 0 Å². The number of anilines is 1. The lowest BCUT2D eigenvalue weighted by Gasteiger charge is -2.07. The first-order valence-electron chi connectivity index (χ1n) is 7.54. The summed E-state index contributed by atoms with van der Waals surface area (Å²) in [7, 11) is -2.66. The molecule has 0 aliphatic rings. The summed E-state index contributed by atoms with van der Waals surface area (Å²) >= 11 is 0. The molecule has 0 saturated heterocycles. The monoisotopic (exact) mass is 379 g/mol. The van der Waals surface area contributed by atoms with Crippen molar-refractivity contribution in [2.45, 2.75) is 11.8 Å². The number of nitrogens with one attached hydrogen (secondary N) is 1. The molecule has 0 saturated carbocycles. The second kappa shape index (κ2) is 6.41. The number of benzene rings is 2. The maximum atomic E-state index is 13.4. The lowest BCUT2D eigenvalue weighted by Crippen LogP contribution is -2.23. The van der Waals surface area contributed by atoms with Crippen LogP contribution < -0.4 is 10.3 Å². The fourth-order valence-electron chi connectivity index (χ4n) is 2.52. The minimum atomic E-state index is -4.27. The summed E-state index contributed by atoms with van der Waals surface area (Å²) in [5.41, 5.74) is 0.176. The highest BCUT2D eigenvalue weighted by molar-refractivity contribution is 7.92. The zero-order chi connectivity index (χ0) is 19.1. The fourth-order valence-corrected chi connectivity index (χ4v) is 3.65. The molecule has 0 amide bonds. The lowest BCUT2D eigenvalue weighted by atomic mass is 10.3. The van der Waals surface area contributed by atoms with E-state index >= 15 is 0 Å². The molecule has 2 aromatic carbocycles. The average molecular weight is 379 g/mol. The Morgan fingerprint density at radius 2 is 1.65 bits per heavy atom. The molecule has 0 aliphatic carbocycles. The third-order valence-corrected chi connectivity index (χ3v) is 5.34. The Morgan fingerprint density at radius 3 is 2.27 bits per heavy atom. The zero-order valence-corrected chi connectivity index (χ0v) is 14.7. The van der Waals surface area contributed by atoms with E-state index in [1.54, 1.807) is 44.3 Å². The third-order valence-electron chi connectivity index (χ3n) is 3.99. The van der Waals surface area contributed by atoms with E-state index in [9.17, 15) is 22.0 Å². The Balaban J connectivity index is 2.08. The summed E-state index contributed by atoms with van der Waals surface area (Å²) < 4.78 is 56.3. The van der Waals surface area contributed by atoms with E-state index in [0.717, 1.165) is 6.07 Å². The van der Waals surface area contributed by atoms with E-state index in [1.165, 1.54) is 9.36 Å². The van der Waals surface area contributed by atoms with E-state index < -0.39 is 32.1 Å². The Labute approximate surface area is 148 Å². The first kappa shape index (κ1) is 17.9. The summed E-state index contributed by atoms with van der Waals surface area (Å²) in [5.74, 6) is -2.45. The molecule has 0 atom stereocenters. The highest BCUT2D eigenvalue weighted by Gasteiger charge is 2.23. The molecule has 0 fully saturated rings. The highest BCUT2D eigenvalue weighted by Crippen LogP contribution is 2.20. The van der Waals surface area contributed by atoms with Gasteiger partial charge in [0.05, 0.1) is 16.3 Å². The standard InChI is InChI=1S/C17H15F2N3O3S/c1-11-16(17(23)22(21(11)2)12-6-4-3-5-7-12)20-26(24,25)13-8-9-14(18)15(19)10-13/h3-10,20H,1-2H3. The van der Waals surface area contributed by atoms with Gasteiger partial charge in [-0.15, -0.1) is 0 Å². The Kier molecular flexibility index (Phi) is 4.41. The normalized spacial score (nSPS) is 11.5. The Hall–Kier alpha value is -2.94. The summed E-state index contributed by atoms with van der Waals surface area (Å²) in [4.78, 5) is 12.2. The predicted molar refractivity (Wildman–Crippen MR) is 92.9 cm³/mol. The maximum absolute atomic E-state index is 13.4. The number of rotatable bonds is 4. The molecule has 0 bridgehead atoms. The Bertz CT molecular complexity index is 1140. The number of halogens is 2. The maximum Gasteiger partial charge on any atom is 0.296 e. The number of nitrogens with zero attached hydrogens (tertiary/aromatic N) is 2. The number of hydrogen-bond donors (Lipinski definition) is 1. The molecule has 9 heteroatoms. The third kappa shape index (κ3) is 3.01. The molecule has 0 radical (unpaired) electrons. The zero-order valence-electron chi connectivity index (χ0n) is 13.9. The van der Waals surface area contributed by atoms with Gasteiger partial charge in [-0.2, -0.15) is 0 Å². The van der Waals surface area contributed by atoms with Gasteiger partial charge in [0.1, 0.15) is 5.69 Å². The van der Waals surface area contributed by atoms with E-state index in [0.29, 0.717) is 23.5 Å². The van der Waals surface area contributed by atoms with Crippen LogP contribution in [0.3, 0.4) is 0 Å². The smallest absolute Gasteiger partial charge is 0.283 e. The molecule has 3 aromatic rings. The van der Waals surface area contributed by atoms with Gasteiger partial charge in [-0.25, -0.2) is 21.9 Å². The van der Waals surface area contributed by atoms with Gasteiger partial charge >= 0.3 is 0 Å². The van der Waals surface area contributed by atoms with Crippen molar-refractivity contribution in [1.82, 2.24) is 9.36 Å². The van der Waals surface area contributed by atoms with Gasteiger partial charge in [0.2, 0.25) is 0 Å². The van der Waals surface area contributed by atoms with Gasteiger partial charge in [0.25, 0.3) is 15.6 Å². The molecule has 1 N–H and O–H groups in total. The van der Waals surface area contributed by atoms with Crippen LogP contribution in [-0.2, 0) is 17.1 Å². The van der Waals surface area contributed by atoms with E-state index in [-0.39, 0.29) is 5.69 Å². The quantitative estimate of drug-likeness (QED) is 0.757. The van der Waals surface area contributed by atoms with Gasteiger partial charge in [-0.3, -0.25) is 14.2 Å². The number of para-hydroxylation sites is 1. The largest absolute Gasteiger partial charge is 0.296 e. The molecular weight excluding hydrogens is 364 g/mol. The first-order chi connectivity index (χ1) is 12.2. The summed E-state index contributed by atoms with van der Waals surface area (Å²) in [6, 6.07) is 10.9. The highest BCUT2D eigenvalue weighted by atomic mass is 32.2. The van der Waals surface area contributed by atoms with Crippen molar-refractivity contribution < 1.29 is 17.2 Å². The molecule has 26 heavy (non-hydrogen) atoms. The molecular formula is C17H15F2N3O3S. The van der Waals surface area contributed by atoms with Crippen LogP contribution in [0.1, 0.15) is 5.69 Å². The summed E-state index contributed by atoms with van der Waals surface area (Å²) in [5, 5.41) is 0. The van der Waals surface area contributed by atoms with Gasteiger partial charge in [-0.05, 0) is 37.3 Å². The SMILES string of the molecule is Cc1c(NS(=O)(=O)c2ccc(F)c(F)c2)c(=O)n(-c2ccccc2)n1C. The van der Waals surface area contributed by atoms with Crippen molar-refractivity contribution in [2.75, 3.05) is 4.72 Å². The van der Waals surface area contributed by atoms with Gasteiger partial charge < -0.3 is 0 Å². The van der Waals surface area contributed by atoms with Crippen LogP contribution in [0.15, 0.2) is 58.2 Å². The molecule has 0 unspecified atom stereocenters. The van der Waals surface area contributed by atoms with Crippen LogP contribution in [0, 0.1) is 18.6 Å². The topological polar surface area (TPSA) is 73.1 Å². The van der Waals surface area contributed by atoms with Crippen molar-refractivity contribution in [3.05, 3.63) is 76.2 Å². The molecule has 0 spiro atoms. The van der Waals surface area contributed by atoms with E-state index in [2.05, 4.69) is 4.72 Å². The minimum Gasteiger partial charge on any atom is -0.283 e. The number of sulfonamides is 1. The van der Waals surface area contributed by atoms with Crippen molar-refractivity contribution >= 4 is 15.7 Å². The van der Waals surface area contributed by atoms with Crippen LogP contribution in [0.5, 0.6) is 0 Å². The lowest BCUT2D eigenvalue weighted by molar-refractivity contribution is 0.504. The van der Waals surface area contributed by atoms with Crippen LogP contribution in [0.2, 0.25) is 0 Å². The summed E-state index contributed by atoms with van der Waals surface area (Å²) in [6.07, 6.45) is 0. The second-order valence-corrected chi connectivity index (χ2v) is 7.30. The van der Waals surface area contributed by atoms with Crippen molar-refractivity contribution in [2.24, 2.45) is 7.05 Å². The first-order valence-corrected chi connectivity index (χ1v) is 9.02. The van der Waals surface area contributed by atoms with Gasteiger partial charge in [0.15, 0.2) is 11.6 Å². The van der Waals surface area contributed by atoms with Gasteiger partial charge in [0, 0.05) is 7.05 Å². The predicted octanol–water partition coefficient (Wildman–Crippen LogP) is 2.56. The molecule has 1 aromatic heterocycles. The fraction of sp³-hybridized carbons (Fsp3) is 0.118. The van der Waals surface area contributed by atoms with Crippen LogP contribution >= 0.6 is 0 Å². The van der Waals surface area contributed by atoms with Crippen LogP contribution in [0.25, 0.3) is 5.69 Å². The molecule has 1 heterocycles. The number of aromatic nitrogens is 2. The van der Waals surface area contributed by atoms with Crippen molar-refractivity contribution in [1.29, 1.82) is 0 Å². The molecule has 136 valence electrons. The van der Waals surface area contributed by atoms with E-state index in [1.807, 2.05) is 0 Å². The minimum absolute atomic E-state index is 0.166. The number of hydrogen-bond acceptors (Lipinski definition) is 3. The molecule has 0 aliphatic heterocycles. The Morgan fingerprint density at radius 1 is 1.00 bits per heavy atom. The van der Waals surface area contributed by atoms with Gasteiger partial charge in [-0.1, -0.05) is 18.2 Å². The van der Waals surface area contributed by atoms with Crippen LogP contribution in [0.4, 0.5) is 14.5 Å². The molecule has 3 rings (SSSR count).